The monoisotopic (exact) mass is 445 g/mol. The van der Waals surface area contributed by atoms with Gasteiger partial charge in [-0.2, -0.15) is 23.5 Å². The number of benzene rings is 2. The van der Waals surface area contributed by atoms with Crippen molar-refractivity contribution in [1.29, 1.82) is 5.26 Å². The Bertz CT molecular complexity index is 1200. The van der Waals surface area contributed by atoms with Crippen molar-refractivity contribution in [3.8, 4) is 6.07 Å². The van der Waals surface area contributed by atoms with Crippen LogP contribution in [0.5, 0.6) is 0 Å². The third-order valence-corrected chi connectivity index (χ3v) is 5.38. The molecule has 1 fully saturated rings. The summed E-state index contributed by atoms with van der Waals surface area (Å²) in [5, 5.41) is 22.1. The molecule has 0 aliphatic carbocycles. The molecule has 0 amide bonds. The van der Waals surface area contributed by atoms with Gasteiger partial charge >= 0.3 is 6.18 Å². The molecule has 10 heteroatoms. The van der Waals surface area contributed by atoms with E-state index in [0.717, 1.165) is 6.07 Å². The van der Waals surface area contributed by atoms with Gasteiger partial charge in [0, 0.05) is 36.0 Å². The van der Waals surface area contributed by atoms with Gasteiger partial charge in [-0.15, -0.1) is 5.10 Å². The van der Waals surface area contributed by atoms with E-state index in [1.54, 1.807) is 13.0 Å². The molecule has 1 saturated heterocycles. The first-order valence-electron chi connectivity index (χ1n) is 9.92. The molecule has 2 heterocycles. The van der Waals surface area contributed by atoms with Gasteiger partial charge in [0.15, 0.2) is 5.82 Å². The van der Waals surface area contributed by atoms with E-state index in [-0.39, 0.29) is 12.1 Å². The quantitative estimate of drug-likeness (QED) is 0.600. The van der Waals surface area contributed by atoms with Crippen LogP contribution in [0.3, 0.4) is 0 Å². The minimum atomic E-state index is -4.78. The van der Waals surface area contributed by atoms with E-state index in [0.29, 0.717) is 65.9 Å². The number of fused-ring (bicyclic) bond motifs is 1. The predicted octanol–water partition coefficient (Wildman–Crippen LogP) is 4.42. The molecule has 1 aliphatic heterocycles. The Morgan fingerprint density at radius 3 is 2.59 bits per heavy atom. The molecule has 32 heavy (non-hydrogen) atoms. The highest BCUT2D eigenvalue weighted by Gasteiger charge is 2.34. The number of nitriles is 1. The van der Waals surface area contributed by atoms with Gasteiger partial charge in [0.1, 0.15) is 11.9 Å². The molecule has 2 aromatic carbocycles. The normalized spacial score (nSPS) is 14.4. The molecule has 166 valence electrons. The van der Waals surface area contributed by atoms with Crippen LogP contribution in [0.1, 0.15) is 22.4 Å². The van der Waals surface area contributed by atoms with Gasteiger partial charge in [0.05, 0.1) is 35.7 Å². The van der Waals surface area contributed by atoms with Crippen LogP contribution in [-0.4, -0.2) is 36.5 Å². The second-order valence-corrected chi connectivity index (χ2v) is 7.39. The second-order valence-electron chi connectivity index (χ2n) is 7.39. The number of nitrogens with one attached hydrogen (secondary N) is 1. The molecule has 3 aromatic rings. The number of halogens is 4. The number of hydrogen-bond acceptors (Lipinski definition) is 6. The number of rotatable bonds is 4. The van der Waals surface area contributed by atoms with E-state index in [4.69, 9.17) is 4.74 Å². The second kappa shape index (κ2) is 8.59. The summed E-state index contributed by atoms with van der Waals surface area (Å²) in [4.78, 5) is 2.04. The van der Waals surface area contributed by atoms with Crippen molar-refractivity contribution in [2.45, 2.75) is 19.6 Å². The molecule has 1 aromatic heterocycles. The average molecular weight is 445 g/mol. The standard InChI is InChI=1S/C22H19F4N5O/c1-13-16-9-15(11-27)19(31-5-7-32-8-6-31)10-17(16)21(30-29-13)28-12-14-3-2-4-18(20(14)23)22(24,25)26/h2-4,9-10H,5-8,12H2,1H3,(H,28,30). The van der Waals surface area contributed by atoms with Crippen LogP contribution in [0.2, 0.25) is 0 Å². The zero-order valence-electron chi connectivity index (χ0n) is 17.1. The van der Waals surface area contributed by atoms with Gasteiger partial charge in [0.2, 0.25) is 0 Å². The third-order valence-electron chi connectivity index (χ3n) is 5.38. The molecule has 4 rings (SSSR count). The van der Waals surface area contributed by atoms with Gasteiger partial charge < -0.3 is 15.0 Å². The molecule has 6 nitrogen and oxygen atoms in total. The molecular formula is C22H19F4N5O. The molecule has 0 atom stereocenters. The smallest absolute Gasteiger partial charge is 0.378 e. The van der Waals surface area contributed by atoms with Gasteiger partial charge in [-0.3, -0.25) is 0 Å². The highest BCUT2D eigenvalue weighted by atomic mass is 19.4. The summed E-state index contributed by atoms with van der Waals surface area (Å²) in [6.07, 6.45) is -4.78. The van der Waals surface area contributed by atoms with Crippen molar-refractivity contribution in [3.63, 3.8) is 0 Å². The maximum atomic E-state index is 14.4. The zero-order chi connectivity index (χ0) is 22.9. The van der Waals surface area contributed by atoms with Crippen LogP contribution in [0.25, 0.3) is 10.8 Å². The fourth-order valence-electron chi connectivity index (χ4n) is 3.72. The average Bonchev–Trinajstić information content (AvgIpc) is 2.78. The van der Waals surface area contributed by atoms with Crippen LogP contribution in [0, 0.1) is 24.1 Å². The van der Waals surface area contributed by atoms with Crippen molar-refractivity contribution in [2.75, 3.05) is 36.5 Å². The lowest BCUT2D eigenvalue weighted by Crippen LogP contribution is -2.36. The summed E-state index contributed by atoms with van der Waals surface area (Å²) in [6.45, 7) is 3.86. The van der Waals surface area contributed by atoms with Gasteiger partial charge in [-0.05, 0) is 25.1 Å². The van der Waals surface area contributed by atoms with E-state index in [1.165, 1.54) is 6.07 Å². The van der Waals surface area contributed by atoms with Crippen LogP contribution in [0.15, 0.2) is 30.3 Å². The predicted molar refractivity (Wildman–Crippen MR) is 111 cm³/mol. The van der Waals surface area contributed by atoms with E-state index in [1.807, 2.05) is 11.0 Å². The van der Waals surface area contributed by atoms with E-state index >= 15 is 0 Å². The van der Waals surface area contributed by atoms with Crippen molar-refractivity contribution < 1.29 is 22.3 Å². The van der Waals surface area contributed by atoms with Gasteiger partial charge in [0.25, 0.3) is 0 Å². The summed E-state index contributed by atoms with van der Waals surface area (Å²) in [6, 6.07) is 8.90. The SMILES string of the molecule is Cc1nnc(NCc2cccc(C(F)(F)F)c2F)c2cc(N3CCOCC3)c(C#N)cc12. The molecule has 1 aliphatic rings. The summed E-state index contributed by atoms with van der Waals surface area (Å²) < 4.78 is 58.8. The van der Waals surface area contributed by atoms with Crippen molar-refractivity contribution in [2.24, 2.45) is 0 Å². The first-order chi connectivity index (χ1) is 15.3. The van der Waals surface area contributed by atoms with E-state index in [2.05, 4.69) is 21.6 Å². The third kappa shape index (κ3) is 4.16. The Hall–Kier alpha value is -3.45. The number of anilines is 2. The molecule has 0 saturated carbocycles. The van der Waals surface area contributed by atoms with Crippen LogP contribution >= 0.6 is 0 Å². The number of hydrogen-bond donors (Lipinski definition) is 1. The Balaban J connectivity index is 1.72. The molecule has 0 bridgehead atoms. The van der Waals surface area contributed by atoms with Crippen LogP contribution < -0.4 is 10.2 Å². The lowest BCUT2D eigenvalue weighted by Gasteiger charge is -2.30. The Labute approximate surface area is 181 Å². The van der Waals surface area contributed by atoms with E-state index < -0.39 is 17.6 Å². The molecule has 0 radical (unpaired) electrons. The van der Waals surface area contributed by atoms with Crippen molar-refractivity contribution in [3.05, 3.63) is 58.5 Å². The lowest BCUT2D eigenvalue weighted by atomic mass is 10.0. The zero-order valence-corrected chi connectivity index (χ0v) is 17.1. The fourth-order valence-corrected chi connectivity index (χ4v) is 3.72. The highest BCUT2D eigenvalue weighted by Crippen LogP contribution is 2.34. The molecule has 1 N–H and O–H groups in total. The minimum absolute atomic E-state index is 0.141. The number of aromatic nitrogens is 2. The van der Waals surface area contributed by atoms with Crippen LogP contribution in [-0.2, 0) is 17.5 Å². The highest BCUT2D eigenvalue weighted by molar-refractivity contribution is 5.97. The van der Waals surface area contributed by atoms with Gasteiger partial charge in [-0.25, -0.2) is 4.39 Å². The Morgan fingerprint density at radius 1 is 1.16 bits per heavy atom. The summed E-state index contributed by atoms with van der Waals surface area (Å²) in [5.41, 5.74) is 0.331. The van der Waals surface area contributed by atoms with Gasteiger partial charge in [-0.1, -0.05) is 12.1 Å². The van der Waals surface area contributed by atoms with Crippen molar-refractivity contribution >= 4 is 22.3 Å². The van der Waals surface area contributed by atoms with Crippen LogP contribution in [0.4, 0.5) is 29.1 Å². The number of morpholine rings is 1. The Kier molecular flexibility index (Phi) is 5.84. The summed E-state index contributed by atoms with van der Waals surface area (Å²) in [5.74, 6) is -1.03. The number of nitrogens with zero attached hydrogens (tertiary/aromatic N) is 4. The molecule has 0 unspecified atom stereocenters. The maximum Gasteiger partial charge on any atom is 0.419 e. The first kappa shape index (κ1) is 21.8. The first-order valence-corrected chi connectivity index (χ1v) is 9.92. The molecule has 0 spiro atoms. The van der Waals surface area contributed by atoms with Crippen molar-refractivity contribution in [1.82, 2.24) is 10.2 Å². The number of alkyl halides is 3. The number of ether oxygens (including phenoxy) is 1. The minimum Gasteiger partial charge on any atom is -0.378 e. The topological polar surface area (TPSA) is 74.1 Å². The molecular weight excluding hydrogens is 426 g/mol. The largest absolute Gasteiger partial charge is 0.419 e. The maximum absolute atomic E-state index is 14.4. The number of aryl methyl sites for hydroxylation is 1. The summed E-state index contributed by atoms with van der Waals surface area (Å²) >= 11 is 0. The van der Waals surface area contributed by atoms with E-state index in [9.17, 15) is 22.8 Å². The fraction of sp³-hybridized carbons (Fsp3) is 0.318. The Morgan fingerprint density at radius 2 is 1.91 bits per heavy atom. The summed E-state index contributed by atoms with van der Waals surface area (Å²) in [7, 11) is 0. The lowest BCUT2D eigenvalue weighted by molar-refractivity contribution is -0.140.